The van der Waals surface area contributed by atoms with Gasteiger partial charge in [-0.1, -0.05) is 52.7 Å². The molecule has 0 aliphatic heterocycles. The van der Waals surface area contributed by atoms with Gasteiger partial charge < -0.3 is 0 Å². The predicted molar refractivity (Wildman–Crippen MR) is 60.4 cm³/mol. The average Bonchev–Trinajstić information content (AvgIpc) is 2.19. The second kappa shape index (κ2) is 4.28. The lowest BCUT2D eigenvalue weighted by molar-refractivity contribution is 0.458. The molecule has 1 aliphatic carbocycles. The van der Waals surface area contributed by atoms with E-state index in [1.165, 1.54) is 31.2 Å². The van der Waals surface area contributed by atoms with Crippen LogP contribution in [0, 0.1) is 0 Å². The first kappa shape index (κ1) is 9.26. The quantitative estimate of drug-likeness (QED) is 0.647. The summed E-state index contributed by atoms with van der Waals surface area (Å²) in [5.74, 6) is 0.791. The lowest BCUT2D eigenvalue weighted by Crippen LogP contribution is -2.13. The van der Waals surface area contributed by atoms with Crippen molar-refractivity contribution in [3.05, 3.63) is 35.9 Å². The Hall–Kier alpha value is -0.300. The number of rotatable bonds is 1. The highest BCUT2D eigenvalue weighted by Crippen LogP contribution is 2.35. The molecule has 0 bridgehead atoms. The van der Waals surface area contributed by atoms with Gasteiger partial charge >= 0.3 is 0 Å². The molecule has 1 saturated carbocycles. The maximum atomic E-state index is 3.73. The molecule has 1 heteroatoms. The fraction of sp³-hybridized carbons (Fsp3) is 0.500. The Labute approximate surface area is 88.5 Å². The fourth-order valence-electron chi connectivity index (χ4n) is 2.16. The second-order valence-corrected chi connectivity index (χ2v) is 5.17. The van der Waals surface area contributed by atoms with Crippen molar-refractivity contribution in [2.24, 2.45) is 0 Å². The number of hydrogen-bond acceptors (Lipinski definition) is 0. The first-order valence-corrected chi connectivity index (χ1v) is 5.97. The van der Waals surface area contributed by atoms with Crippen molar-refractivity contribution >= 4 is 15.9 Å². The Morgan fingerprint density at radius 3 is 2.54 bits per heavy atom. The van der Waals surface area contributed by atoms with Crippen molar-refractivity contribution in [2.45, 2.75) is 36.4 Å². The molecule has 0 amide bonds. The summed E-state index contributed by atoms with van der Waals surface area (Å²) in [5, 5.41) is 0. The van der Waals surface area contributed by atoms with Gasteiger partial charge in [-0.25, -0.2) is 0 Å². The minimum atomic E-state index is 0.742. The van der Waals surface area contributed by atoms with Crippen LogP contribution in [0.3, 0.4) is 0 Å². The molecule has 0 N–H and O–H groups in total. The minimum absolute atomic E-state index is 0.742. The molecule has 70 valence electrons. The highest BCUT2D eigenvalue weighted by atomic mass is 79.9. The van der Waals surface area contributed by atoms with Gasteiger partial charge in [0.25, 0.3) is 0 Å². The zero-order chi connectivity index (χ0) is 9.10. The molecule has 1 aromatic carbocycles. The SMILES string of the molecule is BrC1CCCC(c2ccccc2)C1. The van der Waals surface area contributed by atoms with E-state index < -0.39 is 0 Å². The van der Waals surface area contributed by atoms with Gasteiger partial charge in [-0.05, 0) is 30.7 Å². The van der Waals surface area contributed by atoms with Gasteiger partial charge in [0.05, 0.1) is 0 Å². The van der Waals surface area contributed by atoms with Crippen molar-refractivity contribution in [2.75, 3.05) is 0 Å². The maximum Gasteiger partial charge on any atom is 0.0151 e. The normalized spacial score (nSPS) is 28.7. The Kier molecular flexibility index (Phi) is 3.05. The molecule has 13 heavy (non-hydrogen) atoms. The zero-order valence-corrected chi connectivity index (χ0v) is 9.33. The van der Waals surface area contributed by atoms with Crippen molar-refractivity contribution in [1.29, 1.82) is 0 Å². The third kappa shape index (κ3) is 2.34. The summed E-state index contributed by atoms with van der Waals surface area (Å²) in [7, 11) is 0. The van der Waals surface area contributed by atoms with Crippen LogP contribution in [-0.2, 0) is 0 Å². The van der Waals surface area contributed by atoms with E-state index in [1.807, 2.05) is 0 Å². The molecule has 1 aliphatic rings. The maximum absolute atomic E-state index is 3.73. The van der Waals surface area contributed by atoms with Crippen LogP contribution in [-0.4, -0.2) is 4.83 Å². The van der Waals surface area contributed by atoms with E-state index in [-0.39, 0.29) is 0 Å². The topological polar surface area (TPSA) is 0 Å². The van der Waals surface area contributed by atoms with E-state index in [4.69, 9.17) is 0 Å². The zero-order valence-electron chi connectivity index (χ0n) is 7.75. The van der Waals surface area contributed by atoms with Gasteiger partial charge in [-0.15, -0.1) is 0 Å². The molecule has 1 fully saturated rings. The van der Waals surface area contributed by atoms with Crippen LogP contribution in [0.1, 0.15) is 37.2 Å². The smallest absolute Gasteiger partial charge is 0.0151 e. The third-order valence-corrected chi connectivity index (χ3v) is 3.71. The largest absolute Gasteiger partial charge is 0.0890 e. The fourth-order valence-corrected chi connectivity index (χ4v) is 2.93. The van der Waals surface area contributed by atoms with Gasteiger partial charge in [0.15, 0.2) is 0 Å². The van der Waals surface area contributed by atoms with Crippen LogP contribution in [0.5, 0.6) is 0 Å². The lowest BCUT2D eigenvalue weighted by atomic mass is 9.84. The predicted octanol–water partition coefficient (Wildman–Crippen LogP) is 4.11. The van der Waals surface area contributed by atoms with Crippen molar-refractivity contribution in [3.8, 4) is 0 Å². The molecule has 2 atom stereocenters. The van der Waals surface area contributed by atoms with Gasteiger partial charge in [0.1, 0.15) is 0 Å². The molecule has 0 nitrogen and oxygen atoms in total. The molecule has 1 aromatic rings. The molecule has 0 radical (unpaired) electrons. The molecular weight excluding hydrogens is 224 g/mol. The van der Waals surface area contributed by atoms with Crippen LogP contribution < -0.4 is 0 Å². The van der Waals surface area contributed by atoms with E-state index >= 15 is 0 Å². The van der Waals surface area contributed by atoms with Crippen molar-refractivity contribution in [3.63, 3.8) is 0 Å². The number of alkyl halides is 1. The highest BCUT2D eigenvalue weighted by Gasteiger charge is 2.20. The molecular formula is C12H15Br. The average molecular weight is 239 g/mol. The first-order valence-electron chi connectivity index (χ1n) is 5.05. The third-order valence-electron chi connectivity index (χ3n) is 2.88. The van der Waals surface area contributed by atoms with E-state index in [1.54, 1.807) is 0 Å². The van der Waals surface area contributed by atoms with E-state index in [2.05, 4.69) is 46.3 Å². The van der Waals surface area contributed by atoms with Crippen LogP contribution in [0.15, 0.2) is 30.3 Å². The van der Waals surface area contributed by atoms with Crippen molar-refractivity contribution < 1.29 is 0 Å². The Balaban J connectivity index is 2.08. The van der Waals surface area contributed by atoms with Crippen LogP contribution in [0.25, 0.3) is 0 Å². The first-order chi connectivity index (χ1) is 6.36. The van der Waals surface area contributed by atoms with Gasteiger partial charge in [-0.2, -0.15) is 0 Å². The number of hydrogen-bond donors (Lipinski definition) is 0. The van der Waals surface area contributed by atoms with E-state index in [0.29, 0.717) is 0 Å². The van der Waals surface area contributed by atoms with Crippen LogP contribution in [0.2, 0.25) is 0 Å². The summed E-state index contributed by atoms with van der Waals surface area (Å²) < 4.78 is 0. The second-order valence-electron chi connectivity index (χ2n) is 3.87. The molecule has 0 aromatic heterocycles. The van der Waals surface area contributed by atoms with Gasteiger partial charge in [0, 0.05) is 4.83 Å². The summed E-state index contributed by atoms with van der Waals surface area (Å²) in [6.07, 6.45) is 5.40. The Bertz CT molecular complexity index is 255. The molecule has 0 heterocycles. The molecule has 0 spiro atoms. The molecule has 2 rings (SSSR count). The monoisotopic (exact) mass is 238 g/mol. The standard InChI is InChI=1S/C12H15Br/c13-12-8-4-7-11(9-12)10-5-2-1-3-6-10/h1-3,5-6,11-12H,4,7-9H2. The minimum Gasteiger partial charge on any atom is -0.0890 e. The highest BCUT2D eigenvalue weighted by molar-refractivity contribution is 9.09. The molecule has 0 saturated heterocycles. The molecule has 2 unspecified atom stereocenters. The van der Waals surface area contributed by atoms with Crippen LogP contribution >= 0.6 is 15.9 Å². The Morgan fingerprint density at radius 2 is 1.85 bits per heavy atom. The summed E-state index contributed by atoms with van der Waals surface area (Å²) in [6.45, 7) is 0. The number of halogens is 1. The van der Waals surface area contributed by atoms with E-state index in [0.717, 1.165) is 10.7 Å². The summed E-state index contributed by atoms with van der Waals surface area (Å²) in [6, 6.07) is 10.9. The van der Waals surface area contributed by atoms with Crippen LogP contribution in [0.4, 0.5) is 0 Å². The van der Waals surface area contributed by atoms with Gasteiger partial charge in [-0.3, -0.25) is 0 Å². The summed E-state index contributed by atoms with van der Waals surface area (Å²) in [4.78, 5) is 0.742. The van der Waals surface area contributed by atoms with E-state index in [9.17, 15) is 0 Å². The lowest BCUT2D eigenvalue weighted by Gasteiger charge is -2.25. The van der Waals surface area contributed by atoms with Crippen molar-refractivity contribution in [1.82, 2.24) is 0 Å². The van der Waals surface area contributed by atoms with Gasteiger partial charge in [0.2, 0.25) is 0 Å². The Morgan fingerprint density at radius 1 is 1.08 bits per heavy atom. The summed E-state index contributed by atoms with van der Waals surface area (Å²) in [5.41, 5.74) is 1.52. The summed E-state index contributed by atoms with van der Waals surface area (Å²) >= 11 is 3.73. The number of benzene rings is 1.